The van der Waals surface area contributed by atoms with Crippen LogP contribution in [0.4, 0.5) is 0 Å². The molecule has 0 unspecified atom stereocenters. The van der Waals surface area contributed by atoms with E-state index < -0.39 is 8.24 Å². The lowest BCUT2D eigenvalue weighted by Crippen LogP contribution is -2.62. The molecule has 0 aliphatic heterocycles. The molecule has 17 heavy (non-hydrogen) atoms. The molecule has 0 N–H and O–H groups in total. The molecular weight excluding hydrogens is 222 g/mol. The molecule has 1 aliphatic rings. The molecule has 98 valence electrons. The third kappa shape index (κ3) is 2.58. The van der Waals surface area contributed by atoms with Gasteiger partial charge in [0.05, 0.1) is 0 Å². The average Bonchev–Trinajstić information content (AvgIpc) is 2.67. The molecule has 0 radical (unpaired) electrons. The van der Waals surface area contributed by atoms with Gasteiger partial charge in [-0.3, -0.25) is 0 Å². The summed E-state index contributed by atoms with van der Waals surface area (Å²) in [4.78, 5) is 0. The number of rotatable bonds is 3. The molecule has 0 atom stereocenters. The predicted molar refractivity (Wildman–Crippen MR) is 80.6 cm³/mol. The van der Waals surface area contributed by atoms with Crippen LogP contribution in [0.1, 0.15) is 41.0 Å². The van der Waals surface area contributed by atoms with E-state index >= 15 is 0 Å². The van der Waals surface area contributed by atoms with Gasteiger partial charge in [-0.2, -0.15) is 0 Å². The summed E-state index contributed by atoms with van der Waals surface area (Å²) in [5.74, 6) is 0. The molecule has 0 fully saturated rings. The maximum Gasteiger partial charge on any atom is 0.150 e. The molecule has 0 amide bonds. The lowest BCUT2D eigenvalue weighted by Gasteiger charge is -2.53. The molecule has 0 saturated carbocycles. The standard InChI is InChI=1S/C15H29NSi/c1-14(2,3)15(4,5)16(6)17(7,8)13-11-9-10-12-13/h9-11H,12H2,1-8H3. The van der Waals surface area contributed by atoms with Gasteiger partial charge in [-0.25, -0.2) is 0 Å². The monoisotopic (exact) mass is 251 g/mol. The lowest BCUT2D eigenvalue weighted by molar-refractivity contribution is 0.101. The Balaban J connectivity index is 3.00. The Kier molecular flexibility index (Phi) is 3.81. The quantitative estimate of drug-likeness (QED) is 0.673. The minimum absolute atomic E-state index is 0.214. The van der Waals surface area contributed by atoms with Gasteiger partial charge in [0.15, 0.2) is 8.24 Å². The molecule has 0 bridgehead atoms. The van der Waals surface area contributed by atoms with Crippen molar-refractivity contribution in [2.45, 2.75) is 59.7 Å². The van der Waals surface area contributed by atoms with Gasteiger partial charge in [-0.05, 0) is 32.7 Å². The van der Waals surface area contributed by atoms with Crippen LogP contribution in [0.2, 0.25) is 13.1 Å². The molecule has 0 aromatic heterocycles. The van der Waals surface area contributed by atoms with Gasteiger partial charge < -0.3 is 4.57 Å². The first-order valence-corrected chi connectivity index (χ1v) is 9.56. The van der Waals surface area contributed by atoms with E-state index in [1.165, 1.54) is 0 Å². The van der Waals surface area contributed by atoms with E-state index in [2.05, 4.69) is 77.6 Å². The molecule has 1 nitrogen and oxygen atoms in total. The molecule has 2 heteroatoms. The minimum atomic E-state index is -1.49. The van der Waals surface area contributed by atoms with Crippen LogP contribution < -0.4 is 0 Å². The van der Waals surface area contributed by atoms with E-state index in [1.807, 2.05) is 0 Å². The fourth-order valence-corrected chi connectivity index (χ4v) is 5.60. The second-order valence-electron chi connectivity index (χ2n) is 7.25. The predicted octanol–water partition coefficient (Wildman–Crippen LogP) is 4.37. The van der Waals surface area contributed by atoms with Crippen LogP contribution >= 0.6 is 0 Å². The average molecular weight is 251 g/mol. The van der Waals surface area contributed by atoms with Crippen molar-refractivity contribution in [1.82, 2.24) is 4.57 Å². The number of allylic oxidation sites excluding steroid dienone is 4. The third-order valence-corrected chi connectivity index (χ3v) is 9.25. The van der Waals surface area contributed by atoms with Gasteiger partial charge in [-0.15, -0.1) is 0 Å². The molecule has 0 saturated heterocycles. The van der Waals surface area contributed by atoms with Crippen LogP contribution in [-0.2, 0) is 0 Å². The van der Waals surface area contributed by atoms with E-state index in [1.54, 1.807) is 5.20 Å². The van der Waals surface area contributed by atoms with E-state index in [-0.39, 0.29) is 5.54 Å². The smallest absolute Gasteiger partial charge is 0.150 e. The van der Waals surface area contributed by atoms with Gasteiger partial charge in [0.25, 0.3) is 0 Å². The van der Waals surface area contributed by atoms with Crippen LogP contribution in [0, 0.1) is 5.41 Å². The maximum absolute atomic E-state index is 2.67. The summed E-state index contributed by atoms with van der Waals surface area (Å²) in [6, 6.07) is 0. The van der Waals surface area contributed by atoms with Crippen molar-refractivity contribution in [1.29, 1.82) is 0 Å². The van der Waals surface area contributed by atoms with Crippen molar-refractivity contribution in [2.75, 3.05) is 7.05 Å². The Hall–Kier alpha value is -0.343. The number of hydrogen-bond acceptors (Lipinski definition) is 1. The van der Waals surface area contributed by atoms with Gasteiger partial charge >= 0.3 is 0 Å². The summed E-state index contributed by atoms with van der Waals surface area (Å²) in [5.41, 5.74) is 0.505. The molecule has 0 heterocycles. The maximum atomic E-state index is 2.67. The molecular formula is C15H29NSi. The summed E-state index contributed by atoms with van der Waals surface area (Å²) >= 11 is 0. The van der Waals surface area contributed by atoms with E-state index in [0.29, 0.717) is 5.41 Å². The Labute approximate surface area is 109 Å². The van der Waals surface area contributed by atoms with Crippen LogP contribution in [-0.4, -0.2) is 25.4 Å². The van der Waals surface area contributed by atoms with Crippen LogP contribution in [0.15, 0.2) is 23.4 Å². The molecule has 0 aromatic carbocycles. The van der Waals surface area contributed by atoms with Crippen molar-refractivity contribution in [3.8, 4) is 0 Å². The van der Waals surface area contributed by atoms with Crippen molar-refractivity contribution < 1.29 is 0 Å². The largest absolute Gasteiger partial charge is 0.318 e. The highest BCUT2D eigenvalue weighted by Gasteiger charge is 2.44. The summed E-state index contributed by atoms with van der Waals surface area (Å²) in [5, 5.41) is 1.65. The molecule has 0 spiro atoms. The Morgan fingerprint density at radius 2 is 1.65 bits per heavy atom. The Bertz CT molecular complexity index is 342. The molecule has 0 aromatic rings. The normalized spacial score (nSPS) is 17.8. The third-order valence-electron chi connectivity index (χ3n) is 5.07. The van der Waals surface area contributed by atoms with Crippen molar-refractivity contribution in [3.05, 3.63) is 23.4 Å². The highest BCUT2D eigenvalue weighted by atomic mass is 28.3. The zero-order chi connectivity index (χ0) is 13.5. The van der Waals surface area contributed by atoms with Crippen LogP contribution in [0.5, 0.6) is 0 Å². The SMILES string of the molecule is CN(C(C)(C)C(C)(C)C)[Si](C)(C)C1=CC=CC1. The summed E-state index contributed by atoms with van der Waals surface area (Å²) in [7, 11) is 0.829. The van der Waals surface area contributed by atoms with Gasteiger partial charge in [0.1, 0.15) is 0 Å². The number of nitrogens with zero attached hydrogens (tertiary/aromatic N) is 1. The van der Waals surface area contributed by atoms with Crippen molar-refractivity contribution in [3.63, 3.8) is 0 Å². The summed E-state index contributed by atoms with van der Waals surface area (Å²) in [6.07, 6.45) is 7.98. The fraction of sp³-hybridized carbons (Fsp3) is 0.733. The van der Waals surface area contributed by atoms with Gasteiger partial charge in [0, 0.05) is 5.54 Å². The fourth-order valence-electron chi connectivity index (χ4n) is 2.32. The zero-order valence-corrected chi connectivity index (χ0v) is 13.9. The first-order chi connectivity index (χ1) is 7.51. The van der Waals surface area contributed by atoms with E-state index in [4.69, 9.17) is 0 Å². The van der Waals surface area contributed by atoms with Gasteiger partial charge in [0.2, 0.25) is 0 Å². The Morgan fingerprint density at radius 1 is 1.12 bits per heavy atom. The minimum Gasteiger partial charge on any atom is -0.318 e. The van der Waals surface area contributed by atoms with Gasteiger partial charge in [-0.1, -0.05) is 57.3 Å². The summed E-state index contributed by atoms with van der Waals surface area (Å²) < 4.78 is 2.67. The highest BCUT2D eigenvalue weighted by Crippen LogP contribution is 2.39. The van der Waals surface area contributed by atoms with Crippen molar-refractivity contribution >= 4 is 8.24 Å². The second kappa shape index (κ2) is 4.40. The first kappa shape index (κ1) is 14.7. The van der Waals surface area contributed by atoms with Crippen LogP contribution in [0.3, 0.4) is 0 Å². The topological polar surface area (TPSA) is 3.24 Å². The van der Waals surface area contributed by atoms with Crippen molar-refractivity contribution in [2.24, 2.45) is 5.41 Å². The van der Waals surface area contributed by atoms with E-state index in [0.717, 1.165) is 6.42 Å². The van der Waals surface area contributed by atoms with E-state index in [9.17, 15) is 0 Å². The molecule has 1 aliphatic carbocycles. The summed E-state index contributed by atoms with van der Waals surface area (Å²) in [6.45, 7) is 16.7. The lowest BCUT2D eigenvalue weighted by atomic mass is 9.76. The highest BCUT2D eigenvalue weighted by molar-refractivity contribution is 6.82. The first-order valence-electron chi connectivity index (χ1n) is 6.61. The zero-order valence-electron chi connectivity index (χ0n) is 12.9. The second-order valence-corrected chi connectivity index (χ2v) is 11.7. The van der Waals surface area contributed by atoms with Crippen LogP contribution in [0.25, 0.3) is 0 Å². The number of hydrogen-bond donors (Lipinski definition) is 0. The Morgan fingerprint density at radius 3 is 2.00 bits per heavy atom. The molecule has 1 rings (SSSR count).